The Balaban J connectivity index is 2.45. The first-order valence-electron chi connectivity index (χ1n) is 6.89. The normalized spacial score (nSPS) is 11.7. The third-order valence-corrected chi connectivity index (χ3v) is 3.55. The number of nitrogens with one attached hydrogen (secondary N) is 1. The highest BCUT2D eigenvalue weighted by atomic mass is 19.4. The van der Waals surface area contributed by atoms with Gasteiger partial charge >= 0.3 is 6.18 Å². The van der Waals surface area contributed by atoms with Gasteiger partial charge in [-0.2, -0.15) is 23.1 Å². The molecule has 2 heterocycles. The zero-order valence-electron chi connectivity index (χ0n) is 12.5. The number of hydrogen-bond donors (Lipinski definition) is 3. The average molecular weight is 334 g/mol. The molecule has 0 unspecified atom stereocenters. The molecule has 0 radical (unpaired) electrons. The molecule has 24 heavy (non-hydrogen) atoms. The number of nitrogens with zero attached hydrogens (tertiary/aromatic N) is 3. The van der Waals surface area contributed by atoms with Gasteiger partial charge in [-0.1, -0.05) is 6.07 Å². The number of nitrogen functional groups attached to an aromatic ring is 2. The second-order valence-corrected chi connectivity index (χ2v) is 5.00. The summed E-state index contributed by atoms with van der Waals surface area (Å²) in [6, 6.07) is 5.34. The van der Waals surface area contributed by atoms with Gasteiger partial charge in [0.25, 0.3) is 0 Å². The molecule has 0 bridgehead atoms. The number of alkyl halides is 3. The van der Waals surface area contributed by atoms with Crippen molar-refractivity contribution >= 4 is 28.5 Å². The Hall–Kier alpha value is -3.10. The van der Waals surface area contributed by atoms with E-state index < -0.39 is 11.7 Å². The molecule has 0 fully saturated rings. The van der Waals surface area contributed by atoms with E-state index in [1.54, 1.807) is 13.1 Å². The lowest BCUT2D eigenvalue weighted by Crippen LogP contribution is -2.10. The molecular weight excluding hydrogens is 321 g/mol. The van der Waals surface area contributed by atoms with Crippen molar-refractivity contribution in [2.45, 2.75) is 6.18 Å². The molecule has 0 aliphatic rings. The Kier molecular flexibility index (Phi) is 3.63. The Bertz CT molecular complexity index is 923. The molecule has 0 saturated heterocycles. The van der Waals surface area contributed by atoms with E-state index in [1.165, 1.54) is 18.3 Å². The summed E-state index contributed by atoms with van der Waals surface area (Å²) in [6.45, 7) is 0. The fraction of sp³-hybridized carbons (Fsp3) is 0.133. The van der Waals surface area contributed by atoms with Gasteiger partial charge in [-0.25, -0.2) is 4.98 Å². The minimum Gasteiger partial charge on any atom is -0.388 e. The highest BCUT2D eigenvalue weighted by molar-refractivity contribution is 6.03. The van der Waals surface area contributed by atoms with Crippen molar-refractivity contribution in [1.82, 2.24) is 15.0 Å². The molecule has 2 aromatic heterocycles. The van der Waals surface area contributed by atoms with E-state index in [0.29, 0.717) is 5.69 Å². The third-order valence-electron chi connectivity index (χ3n) is 3.55. The van der Waals surface area contributed by atoms with Gasteiger partial charge in [-0.05, 0) is 18.2 Å². The maximum absolute atomic E-state index is 13.5. The van der Waals surface area contributed by atoms with Crippen molar-refractivity contribution in [3.8, 4) is 11.1 Å². The van der Waals surface area contributed by atoms with Crippen molar-refractivity contribution in [3.05, 3.63) is 36.0 Å². The summed E-state index contributed by atoms with van der Waals surface area (Å²) >= 11 is 0. The third kappa shape index (κ3) is 2.53. The van der Waals surface area contributed by atoms with Crippen LogP contribution in [0.25, 0.3) is 22.2 Å². The fourth-order valence-electron chi connectivity index (χ4n) is 2.60. The van der Waals surface area contributed by atoms with Gasteiger partial charge in [0.1, 0.15) is 5.82 Å². The lowest BCUT2D eigenvalue weighted by molar-refractivity contribution is -0.137. The smallest absolute Gasteiger partial charge is 0.388 e. The van der Waals surface area contributed by atoms with Crippen molar-refractivity contribution in [1.29, 1.82) is 0 Å². The van der Waals surface area contributed by atoms with Crippen LogP contribution in [-0.2, 0) is 6.18 Å². The first kappa shape index (κ1) is 15.8. The van der Waals surface area contributed by atoms with Gasteiger partial charge in [0.05, 0.1) is 10.9 Å². The zero-order valence-corrected chi connectivity index (χ0v) is 12.5. The number of pyridine rings is 1. The van der Waals surface area contributed by atoms with Crippen LogP contribution in [0.1, 0.15) is 5.56 Å². The molecule has 3 rings (SSSR count). The number of benzene rings is 1. The predicted molar refractivity (Wildman–Crippen MR) is 86.1 cm³/mol. The Morgan fingerprint density at radius 3 is 2.50 bits per heavy atom. The molecule has 0 saturated carbocycles. The van der Waals surface area contributed by atoms with Crippen LogP contribution in [0.15, 0.2) is 30.5 Å². The summed E-state index contributed by atoms with van der Waals surface area (Å²) in [5, 5.41) is 3.00. The van der Waals surface area contributed by atoms with E-state index in [4.69, 9.17) is 11.5 Å². The molecule has 124 valence electrons. The SMILES string of the molecule is CNc1cccc(C(F)(F)F)c1-c1ccnc2nc(N)nc(N)c12. The largest absolute Gasteiger partial charge is 0.417 e. The number of rotatable bonds is 2. The molecular formula is C15H13F3N6. The summed E-state index contributed by atoms with van der Waals surface area (Å²) in [5.74, 6) is -0.123. The van der Waals surface area contributed by atoms with E-state index in [0.717, 1.165) is 6.07 Å². The number of fused-ring (bicyclic) bond motifs is 1. The molecule has 0 aliphatic carbocycles. The molecule has 1 aromatic carbocycles. The number of anilines is 3. The summed E-state index contributed by atoms with van der Waals surface area (Å²) in [5.41, 5.74) is 11.2. The van der Waals surface area contributed by atoms with Crippen molar-refractivity contribution in [2.75, 3.05) is 23.8 Å². The van der Waals surface area contributed by atoms with Gasteiger partial charge in [-0.3, -0.25) is 0 Å². The average Bonchev–Trinajstić information content (AvgIpc) is 2.52. The van der Waals surface area contributed by atoms with Crippen LogP contribution in [0.2, 0.25) is 0 Å². The van der Waals surface area contributed by atoms with Crippen molar-refractivity contribution < 1.29 is 13.2 Å². The van der Waals surface area contributed by atoms with Gasteiger partial charge < -0.3 is 16.8 Å². The second-order valence-electron chi connectivity index (χ2n) is 5.00. The van der Waals surface area contributed by atoms with Gasteiger partial charge in [0.15, 0.2) is 5.65 Å². The maximum Gasteiger partial charge on any atom is 0.417 e. The fourth-order valence-corrected chi connectivity index (χ4v) is 2.60. The van der Waals surface area contributed by atoms with E-state index in [-0.39, 0.29) is 33.9 Å². The first-order valence-corrected chi connectivity index (χ1v) is 6.89. The molecule has 5 N–H and O–H groups in total. The first-order chi connectivity index (χ1) is 11.3. The van der Waals surface area contributed by atoms with Crippen LogP contribution >= 0.6 is 0 Å². The van der Waals surface area contributed by atoms with Gasteiger partial charge in [0, 0.05) is 30.1 Å². The van der Waals surface area contributed by atoms with E-state index >= 15 is 0 Å². The Morgan fingerprint density at radius 2 is 1.83 bits per heavy atom. The van der Waals surface area contributed by atoms with Crippen LogP contribution in [0, 0.1) is 0 Å². The second kappa shape index (κ2) is 5.52. The predicted octanol–water partition coefficient (Wildman–Crippen LogP) is 2.92. The number of nitrogens with two attached hydrogens (primary N) is 2. The molecule has 6 nitrogen and oxygen atoms in total. The lowest BCUT2D eigenvalue weighted by atomic mass is 9.95. The van der Waals surface area contributed by atoms with Crippen molar-refractivity contribution in [3.63, 3.8) is 0 Å². The molecule has 0 amide bonds. The summed E-state index contributed by atoms with van der Waals surface area (Å²) in [6.07, 6.45) is -3.18. The van der Waals surface area contributed by atoms with Crippen LogP contribution in [0.4, 0.5) is 30.6 Å². The molecule has 0 spiro atoms. The monoisotopic (exact) mass is 334 g/mol. The van der Waals surface area contributed by atoms with Crippen LogP contribution in [0.5, 0.6) is 0 Å². The van der Waals surface area contributed by atoms with E-state index in [9.17, 15) is 13.2 Å². The van der Waals surface area contributed by atoms with E-state index in [2.05, 4.69) is 20.3 Å². The van der Waals surface area contributed by atoms with Crippen LogP contribution < -0.4 is 16.8 Å². The number of aromatic nitrogens is 3. The minimum atomic E-state index is -4.54. The molecule has 9 heteroatoms. The summed E-state index contributed by atoms with van der Waals surface area (Å²) < 4.78 is 40.5. The number of halogens is 3. The highest BCUT2D eigenvalue weighted by Gasteiger charge is 2.35. The van der Waals surface area contributed by atoms with Crippen LogP contribution in [-0.4, -0.2) is 22.0 Å². The molecule has 0 atom stereocenters. The standard InChI is InChI=1S/C15H13F3N6/c1-21-9-4-2-3-8(15(16,17)18)10(9)7-5-6-22-13-11(7)12(19)23-14(20)24-13/h2-6,21H,1H3,(H4,19,20,22,23,24). The maximum atomic E-state index is 13.5. The number of hydrogen-bond acceptors (Lipinski definition) is 6. The molecule has 3 aromatic rings. The quantitative estimate of drug-likeness (QED) is 0.666. The summed E-state index contributed by atoms with van der Waals surface area (Å²) in [4.78, 5) is 11.8. The van der Waals surface area contributed by atoms with Crippen LogP contribution in [0.3, 0.4) is 0 Å². The Labute approximate surface area is 134 Å². The van der Waals surface area contributed by atoms with E-state index in [1.807, 2.05) is 0 Å². The topological polar surface area (TPSA) is 103 Å². The Morgan fingerprint density at radius 1 is 1.08 bits per heavy atom. The lowest BCUT2D eigenvalue weighted by Gasteiger charge is -2.18. The molecule has 0 aliphatic heterocycles. The van der Waals surface area contributed by atoms with Gasteiger partial charge in [0.2, 0.25) is 5.95 Å². The summed E-state index contributed by atoms with van der Waals surface area (Å²) in [7, 11) is 1.54. The van der Waals surface area contributed by atoms with Crippen molar-refractivity contribution in [2.24, 2.45) is 0 Å². The zero-order chi connectivity index (χ0) is 17.5. The van der Waals surface area contributed by atoms with Gasteiger partial charge in [-0.15, -0.1) is 0 Å². The minimum absolute atomic E-state index is 0.0281. The highest BCUT2D eigenvalue weighted by Crippen LogP contribution is 2.43.